The summed E-state index contributed by atoms with van der Waals surface area (Å²) in [6.07, 6.45) is 2.03. The van der Waals surface area contributed by atoms with E-state index in [1.807, 2.05) is 36.9 Å². The van der Waals surface area contributed by atoms with Crippen LogP contribution in [-0.4, -0.2) is 49.0 Å². The standard InChI is InChI=1S/C18H27N3O3/c1-13-3-4-14(2)16(11-13)24-10-7-18(23)20-15-5-8-21(9-6-15)12-17(19)22/h3-4,11,15H,5-10,12H2,1-2H3,(H2,19,22)(H,20,23). The summed E-state index contributed by atoms with van der Waals surface area (Å²) in [5.74, 6) is 0.539. The van der Waals surface area contributed by atoms with E-state index in [1.165, 1.54) is 0 Å². The molecule has 24 heavy (non-hydrogen) atoms. The maximum absolute atomic E-state index is 12.0. The van der Waals surface area contributed by atoms with E-state index in [1.54, 1.807) is 0 Å². The first-order valence-electron chi connectivity index (χ1n) is 8.44. The lowest BCUT2D eigenvalue weighted by Crippen LogP contribution is -2.46. The summed E-state index contributed by atoms with van der Waals surface area (Å²) in [4.78, 5) is 25.0. The summed E-state index contributed by atoms with van der Waals surface area (Å²) in [6.45, 7) is 6.25. The Kier molecular flexibility index (Phi) is 6.61. The molecule has 1 heterocycles. The number of aryl methyl sites for hydroxylation is 2. The van der Waals surface area contributed by atoms with E-state index >= 15 is 0 Å². The highest BCUT2D eigenvalue weighted by Gasteiger charge is 2.21. The number of ether oxygens (including phenoxy) is 1. The van der Waals surface area contributed by atoms with Crippen molar-refractivity contribution in [3.63, 3.8) is 0 Å². The Morgan fingerprint density at radius 3 is 2.67 bits per heavy atom. The first-order valence-corrected chi connectivity index (χ1v) is 8.44. The Labute approximate surface area is 143 Å². The van der Waals surface area contributed by atoms with E-state index < -0.39 is 0 Å². The van der Waals surface area contributed by atoms with E-state index in [-0.39, 0.29) is 17.9 Å². The molecular formula is C18H27N3O3. The number of primary amides is 1. The summed E-state index contributed by atoms with van der Waals surface area (Å²) in [5.41, 5.74) is 7.41. The monoisotopic (exact) mass is 333 g/mol. The van der Waals surface area contributed by atoms with E-state index in [4.69, 9.17) is 10.5 Å². The van der Waals surface area contributed by atoms with Crippen LogP contribution in [0.15, 0.2) is 18.2 Å². The maximum atomic E-state index is 12.0. The number of hydrogen-bond donors (Lipinski definition) is 2. The van der Waals surface area contributed by atoms with Gasteiger partial charge in [-0.1, -0.05) is 12.1 Å². The van der Waals surface area contributed by atoms with Crippen LogP contribution in [0.1, 0.15) is 30.4 Å². The normalized spacial score (nSPS) is 15.9. The van der Waals surface area contributed by atoms with Gasteiger partial charge in [0, 0.05) is 19.1 Å². The van der Waals surface area contributed by atoms with Crippen LogP contribution in [0.2, 0.25) is 0 Å². The molecule has 0 bridgehead atoms. The number of nitrogens with zero attached hydrogens (tertiary/aromatic N) is 1. The van der Waals surface area contributed by atoms with Crippen molar-refractivity contribution in [2.45, 2.75) is 39.2 Å². The third-order valence-corrected chi connectivity index (χ3v) is 4.26. The Hall–Kier alpha value is -2.08. The molecule has 1 aliphatic heterocycles. The van der Waals surface area contributed by atoms with Crippen LogP contribution < -0.4 is 15.8 Å². The zero-order chi connectivity index (χ0) is 17.5. The first-order chi connectivity index (χ1) is 11.4. The van der Waals surface area contributed by atoms with Gasteiger partial charge in [-0.25, -0.2) is 0 Å². The molecule has 3 N–H and O–H groups in total. The van der Waals surface area contributed by atoms with E-state index in [9.17, 15) is 9.59 Å². The van der Waals surface area contributed by atoms with Crippen molar-refractivity contribution in [2.75, 3.05) is 26.2 Å². The van der Waals surface area contributed by atoms with Crippen molar-refractivity contribution in [3.05, 3.63) is 29.3 Å². The van der Waals surface area contributed by atoms with Gasteiger partial charge in [-0.2, -0.15) is 0 Å². The number of amides is 2. The van der Waals surface area contributed by atoms with Crippen LogP contribution in [0.3, 0.4) is 0 Å². The molecule has 1 aromatic rings. The Morgan fingerprint density at radius 1 is 1.29 bits per heavy atom. The molecule has 1 saturated heterocycles. The first kappa shape index (κ1) is 18.3. The molecular weight excluding hydrogens is 306 g/mol. The Morgan fingerprint density at radius 2 is 2.00 bits per heavy atom. The minimum Gasteiger partial charge on any atom is -0.493 e. The van der Waals surface area contributed by atoms with E-state index in [2.05, 4.69) is 5.32 Å². The van der Waals surface area contributed by atoms with Crippen LogP contribution in [0, 0.1) is 13.8 Å². The number of carbonyl (C=O) groups is 2. The summed E-state index contributed by atoms with van der Waals surface area (Å²) in [6, 6.07) is 6.22. The summed E-state index contributed by atoms with van der Waals surface area (Å²) >= 11 is 0. The van der Waals surface area contributed by atoms with Gasteiger partial charge in [0.2, 0.25) is 11.8 Å². The predicted molar refractivity (Wildman–Crippen MR) is 92.8 cm³/mol. The number of nitrogens with one attached hydrogen (secondary N) is 1. The van der Waals surface area contributed by atoms with Gasteiger partial charge >= 0.3 is 0 Å². The molecule has 0 aromatic heterocycles. The molecule has 1 aliphatic rings. The van der Waals surface area contributed by atoms with Crippen molar-refractivity contribution in [3.8, 4) is 5.75 Å². The minimum absolute atomic E-state index is 0.00802. The highest BCUT2D eigenvalue weighted by atomic mass is 16.5. The van der Waals surface area contributed by atoms with E-state index in [0.29, 0.717) is 19.6 Å². The molecule has 0 saturated carbocycles. The van der Waals surface area contributed by atoms with Crippen molar-refractivity contribution in [1.29, 1.82) is 0 Å². The molecule has 2 amide bonds. The van der Waals surface area contributed by atoms with Gasteiger partial charge in [-0.15, -0.1) is 0 Å². The SMILES string of the molecule is Cc1ccc(C)c(OCCC(=O)NC2CCN(CC(N)=O)CC2)c1. The second-order valence-electron chi connectivity index (χ2n) is 6.45. The highest BCUT2D eigenvalue weighted by molar-refractivity contribution is 5.76. The zero-order valence-electron chi connectivity index (χ0n) is 14.5. The van der Waals surface area contributed by atoms with Crippen LogP contribution in [0.5, 0.6) is 5.75 Å². The molecule has 0 spiro atoms. The molecule has 0 aliphatic carbocycles. The molecule has 0 atom stereocenters. The van der Waals surface area contributed by atoms with Crippen molar-refractivity contribution < 1.29 is 14.3 Å². The average molecular weight is 333 g/mol. The van der Waals surface area contributed by atoms with E-state index in [0.717, 1.165) is 42.8 Å². The maximum Gasteiger partial charge on any atom is 0.231 e. The second-order valence-corrected chi connectivity index (χ2v) is 6.45. The lowest BCUT2D eigenvalue weighted by Gasteiger charge is -2.31. The topological polar surface area (TPSA) is 84.7 Å². The molecule has 2 rings (SSSR count). The van der Waals surface area contributed by atoms with Gasteiger partial charge in [-0.05, 0) is 43.9 Å². The third kappa shape index (κ3) is 5.85. The van der Waals surface area contributed by atoms with Crippen molar-refractivity contribution in [1.82, 2.24) is 10.2 Å². The van der Waals surface area contributed by atoms with Gasteiger partial charge < -0.3 is 15.8 Å². The highest BCUT2D eigenvalue weighted by Crippen LogP contribution is 2.19. The second kappa shape index (κ2) is 8.68. The molecule has 132 valence electrons. The van der Waals surface area contributed by atoms with Gasteiger partial charge in [-0.3, -0.25) is 14.5 Å². The Balaban J connectivity index is 1.67. The fourth-order valence-corrected chi connectivity index (χ4v) is 2.87. The van der Waals surface area contributed by atoms with Gasteiger partial charge in [0.05, 0.1) is 19.6 Å². The smallest absolute Gasteiger partial charge is 0.231 e. The van der Waals surface area contributed by atoms with Crippen molar-refractivity contribution in [2.24, 2.45) is 5.73 Å². The molecule has 1 fully saturated rings. The lowest BCUT2D eigenvalue weighted by atomic mass is 10.0. The van der Waals surface area contributed by atoms with Gasteiger partial charge in [0.25, 0.3) is 0 Å². The quantitative estimate of drug-likeness (QED) is 0.783. The van der Waals surface area contributed by atoms with Crippen LogP contribution in [-0.2, 0) is 9.59 Å². The summed E-state index contributed by atoms with van der Waals surface area (Å²) in [5, 5.41) is 3.04. The number of carbonyl (C=O) groups excluding carboxylic acids is 2. The zero-order valence-corrected chi connectivity index (χ0v) is 14.5. The summed E-state index contributed by atoms with van der Waals surface area (Å²) < 4.78 is 5.72. The fraction of sp³-hybridized carbons (Fsp3) is 0.556. The number of piperidine rings is 1. The average Bonchev–Trinajstić information content (AvgIpc) is 2.52. The largest absolute Gasteiger partial charge is 0.493 e. The van der Waals surface area contributed by atoms with Crippen LogP contribution in [0.4, 0.5) is 0 Å². The molecule has 0 unspecified atom stereocenters. The molecule has 1 aromatic carbocycles. The van der Waals surface area contributed by atoms with Gasteiger partial charge in [0.15, 0.2) is 0 Å². The van der Waals surface area contributed by atoms with Crippen LogP contribution >= 0.6 is 0 Å². The summed E-state index contributed by atoms with van der Waals surface area (Å²) in [7, 11) is 0. The van der Waals surface area contributed by atoms with Crippen LogP contribution in [0.25, 0.3) is 0 Å². The number of rotatable bonds is 7. The number of benzene rings is 1. The molecule has 6 heteroatoms. The fourth-order valence-electron chi connectivity index (χ4n) is 2.87. The molecule has 0 radical (unpaired) electrons. The molecule has 6 nitrogen and oxygen atoms in total. The lowest BCUT2D eigenvalue weighted by molar-refractivity contribution is -0.123. The van der Waals surface area contributed by atoms with Gasteiger partial charge in [0.1, 0.15) is 5.75 Å². The predicted octanol–water partition coefficient (Wildman–Crippen LogP) is 1.14. The number of hydrogen-bond acceptors (Lipinski definition) is 4. The Bertz CT molecular complexity index is 581. The van der Waals surface area contributed by atoms with Crippen molar-refractivity contribution >= 4 is 11.8 Å². The minimum atomic E-state index is -0.305. The number of nitrogens with two attached hydrogens (primary N) is 1. The number of likely N-dealkylation sites (tertiary alicyclic amines) is 1. The third-order valence-electron chi connectivity index (χ3n) is 4.26.